The number of methoxy groups -OCH3 is 1. The fourth-order valence-corrected chi connectivity index (χ4v) is 2.41. The van der Waals surface area contributed by atoms with Crippen LogP contribution in [0.3, 0.4) is 0 Å². The largest absolute Gasteiger partial charge is 0.490 e. The van der Waals surface area contributed by atoms with Gasteiger partial charge in [0.1, 0.15) is 6.33 Å². The molecule has 5 nitrogen and oxygen atoms in total. The van der Waals surface area contributed by atoms with Crippen LogP contribution in [0.25, 0.3) is 10.9 Å². The Morgan fingerprint density at radius 3 is 2.76 bits per heavy atom. The van der Waals surface area contributed by atoms with Crippen LogP contribution < -0.4 is 10.1 Å². The molecule has 0 aliphatic heterocycles. The Labute approximate surface area is 130 Å². The summed E-state index contributed by atoms with van der Waals surface area (Å²) in [6.07, 6.45) is 3.06. The van der Waals surface area contributed by atoms with Crippen molar-refractivity contribution in [3.05, 3.63) is 47.0 Å². The van der Waals surface area contributed by atoms with Crippen LogP contribution in [0.4, 0.5) is 11.5 Å². The van der Waals surface area contributed by atoms with Gasteiger partial charge >= 0.3 is 0 Å². The molecule has 106 valence electrons. The molecule has 0 saturated carbocycles. The number of aromatic nitrogens is 3. The van der Waals surface area contributed by atoms with Crippen molar-refractivity contribution in [2.75, 3.05) is 12.4 Å². The number of pyridine rings is 1. The number of ether oxygens (including phenoxy) is 1. The molecule has 2 aromatic heterocycles. The number of halogens is 2. The highest BCUT2D eigenvalue weighted by atomic mass is 35.5. The van der Waals surface area contributed by atoms with E-state index in [9.17, 15) is 0 Å². The summed E-state index contributed by atoms with van der Waals surface area (Å²) in [6.45, 7) is 0. The molecule has 1 N–H and O–H groups in total. The van der Waals surface area contributed by atoms with Crippen LogP contribution in [0, 0.1) is 0 Å². The van der Waals surface area contributed by atoms with Gasteiger partial charge in [-0.05, 0) is 24.3 Å². The van der Waals surface area contributed by atoms with E-state index in [1.54, 1.807) is 12.3 Å². The molecule has 0 unspecified atom stereocenters. The van der Waals surface area contributed by atoms with Crippen molar-refractivity contribution in [1.82, 2.24) is 15.0 Å². The van der Waals surface area contributed by atoms with Gasteiger partial charge in [-0.1, -0.05) is 23.2 Å². The lowest BCUT2D eigenvalue weighted by Crippen LogP contribution is -2.00. The summed E-state index contributed by atoms with van der Waals surface area (Å²) < 4.78 is 5.22. The highest BCUT2D eigenvalue weighted by Gasteiger charge is 2.13. The molecule has 0 radical (unpaired) electrons. The Bertz CT molecular complexity index is 810. The first-order valence-corrected chi connectivity index (χ1v) is 6.81. The second-order valence-corrected chi connectivity index (χ2v) is 4.93. The van der Waals surface area contributed by atoms with Gasteiger partial charge in [0.2, 0.25) is 0 Å². The molecular weight excluding hydrogens is 311 g/mol. The monoisotopic (exact) mass is 320 g/mol. The molecule has 0 aliphatic rings. The molecule has 0 atom stereocenters. The zero-order valence-electron chi connectivity index (χ0n) is 11.0. The summed E-state index contributed by atoms with van der Waals surface area (Å²) >= 11 is 12.2. The third-order valence-corrected chi connectivity index (χ3v) is 3.53. The van der Waals surface area contributed by atoms with Gasteiger partial charge in [-0.15, -0.1) is 0 Å². The summed E-state index contributed by atoms with van der Waals surface area (Å²) in [5, 5.41) is 4.88. The number of nitrogens with zero attached hydrogens (tertiary/aromatic N) is 3. The second-order valence-electron chi connectivity index (χ2n) is 4.17. The molecule has 0 amide bonds. The predicted octanol–water partition coefficient (Wildman–Crippen LogP) is 4.08. The number of benzene rings is 1. The maximum atomic E-state index is 6.18. The molecule has 0 bridgehead atoms. The maximum absolute atomic E-state index is 6.18. The van der Waals surface area contributed by atoms with Crippen LogP contribution in [-0.2, 0) is 0 Å². The van der Waals surface area contributed by atoms with E-state index in [0.717, 1.165) is 16.6 Å². The third kappa shape index (κ3) is 2.57. The van der Waals surface area contributed by atoms with Crippen molar-refractivity contribution < 1.29 is 4.74 Å². The summed E-state index contributed by atoms with van der Waals surface area (Å²) in [6, 6.07) is 7.36. The first-order chi connectivity index (χ1) is 10.2. The van der Waals surface area contributed by atoms with E-state index in [0.29, 0.717) is 16.6 Å². The average molecular weight is 321 g/mol. The Morgan fingerprint density at radius 2 is 1.95 bits per heavy atom. The summed E-state index contributed by atoms with van der Waals surface area (Å²) in [4.78, 5) is 12.4. The van der Waals surface area contributed by atoms with Gasteiger partial charge in [-0.2, -0.15) is 0 Å². The zero-order valence-corrected chi connectivity index (χ0v) is 12.5. The van der Waals surface area contributed by atoms with Crippen molar-refractivity contribution >= 4 is 45.6 Å². The van der Waals surface area contributed by atoms with Crippen molar-refractivity contribution in [2.24, 2.45) is 0 Å². The highest BCUT2D eigenvalue weighted by molar-refractivity contribution is 6.35. The summed E-state index contributed by atoms with van der Waals surface area (Å²) in [5.41, 5.74) is 1.49. The van der Waals surface area contributed by atoms with Gasteiger partial charge in [0, 0.05) is 11.6 Å². The first-order valence-electron chi connectivity index (χ1n) is 6.05. The summed E-state index contributed by atoms with van der Waals surface area (Å²) in [5.74, 6) is 0.838. The Kier molecular flexibility index (Phi) is 3.77. The van der Waals surface area contributed by atoms with Crippen LogP contribution >= 0.6 is 23.2 Å². The van der Waals surface area contributed by atoms with Gasteiger partial charge in [-0.25, -0.2) is 9.97 Å². The zero-order chi connectivity index (χ0) is 14.8. The first kappa shape index (κ1) is 13.9. The van der Waals surface area contributed by atoms with Crippen molar-refractivity contribution in [3.63, 3.8) is 0 Å². The SMILES string of the molecule is COc1c(Cl)ncnc1Nc1ccc(Cl)c2cccnc12. The van der Waals surface area contributed by atoms with E-state index >= 15 is 0 Å². The van der Waals surface area contributed by atoms with Crippen LogP contribution in [0.5, 0.6) is 5.75 Å². The molecule has 7 heteroatoms. The Morgan fingerprint density at radius 1 is 1.10 bits per heavy atom. The molecule has 0 saturated heterocycles. The van der Waals surface area contributed by atoms with Gasteiger partial charge in [0.05, 0.1) is 23.3 Å². The third-order valence-electron chi connectivity index (χ3n) is 2.93. The smallest absolute Gasteiger partial charge is 0.199 e. The van der Waals surface area contributed by atoms with E-state index < -0.39 is 0 Å². The molecule has 0 spiro atoms. The quantitative estimate of drug-likeness (QED) is 0.737. The number of hydrogen-bond acceptors (Lipinski definition) is 5. The number of fused-ring (bicyclic) bond motifs is 1. The van der Waals surface area contributed by atoms with E-state index in [1.807, 2.05) is 18.2 Å². The topological polar surface area (TPSA) is 59.9 Å². The lowest BCUT2D eigenvalue weighted by atomic mass is 10.2. The minimum atomic E-state index is 0.237. The highest BCUT2D eigenvalue weighted by Crippen LogP contribution is 2.34. The van der Waals surface area contributed by atoms with Gasteiger partial charge < -0.3 is 10.1 Å². The number of nitrogens with one attached hydrogen (secondary N) is 1. The lowest BCUT2D eigenvalue weighted by molar-refractivity contribution is 0.413. The van der Waals surface area contributed by atoms with E-state index in [1.165, 1.54) is 13.4 Å². The van der Waals surface area contributed by atoms with E-state index in [-0.39, 0.29) is 5.15 Å². The van der Waals surface area contributed by atoms with Crippen LogP contribution in [0.2, 0.25) is 10.2 Å². The minimum Gasteiger partial charge on any atom is -0.490 e. The second kappa shape index (κ2) is 5.71. The Hall–Kier alpha value is -2.11. The molecule has 3 rings (SSSR count). The standard InChI is InChI=1S/C14H10Cl2N4O/c1-21-12-13(16)18-7-19-14(12)20-10-5-4-9(15)8-3-2-6-17-11(8)10/h2-7H,1H3,(H,18,19,20). The van der Waals surface area contributed by atoms with E-state index in [2.05, 4.69) is 20.3 Å². The minimum absolute atomic E-state index is 0.237. The molecule has 21 heavy (non-hydrogen) atoms. The van der Waals surface area contributed by atoms with E-state index in [4.69, 9.17) is 27.9 Å². The van der Waals surface area contributed by atoms with Gasteiger partial charge in [-0.3, -0.25) is 4.98 Å². The molecular formula is C14H10Cl2N4O. The molecule has 3 aromatic rings. The summed E-state index contributed by atoms with van der Waals surface area (Å²) in [7, 11) is 1.51. The fourth-order valence-electron chi connectivity index (χ4n) is 1.99. The maximum Gasteiger partial charge on any atom is 0.199 e. The van der Waals surface area contributed by atoms with Gasteiger partial charge in [0.15, 0.2) is 16.7 Å². The molecule has 0 fully saturated rings. The predicted molar refractivity (Wildman–Crippen MR) is 83.6 cm³/mol. The Balaban J connectivity index is 2.11. The van der Waals surface area contributed by atoms with Crippen LogP contribution in [0.1, 0.15) is 0 Å². The molecule has 0 aliphatic carbocycles. The lowest BCUT2D eigenvalue weighted by Gasteiger charge is -2.12. The number of hydrogen-bond donors (Lipinski definition) is 1. The van der Waals surface area contributed by atoms with Crippen LogP contribution in [0.15, 0.2) is 36.8 Å². The molecule has 1 aromatic carbocycles. The van der Waals surface area contributed by atoms with Crippen LogP contribution in [-0.4, -0.2) is 22.1 Å². The van der Waals surface area contributed by atoms with Crippen molar-refractivity contribution in [1.29, 1.82) is 0 Å². The van der Waals surface area contributed by atoms with Crippen molar-refractivity contribution in [2.45, 2.75) is 0 Å². The normalized spacial score (nSPS) is 10.6. The number of anilines is 2. The average Bonchev–Trinajstić information content (AvgIpc) is 2.51. The fraction of sp³-hybridized carbons (Fsp3) is 0.0714. The van der Waals surface area contributed by atoms with Crippen molar-refractivity contribution in [3.8, 4) is 5.75 Å². The molecule has 2 heterocycles. The number of rotatable bonds is 3. The van der Waals surface area contributed by atoms with Gasteiger partial charge in [0.25, 0.3) is 0 Å².